The van der Waals surface area contributed by atoms with Crippen molar-refractivity contribution in [1.29, 1.82) is 0 Å². The Balaban J connectivity index is -0.000000238. The van der Waals surface area contributed by atoms with Crippen LogP contribution in [0.25, 0.3) is 0 Å². The Morgan fingerprint density at radius 3 is 1.39 bits per heavy atom. The molecular formula is C11H25ClN2O4. The quantitative estimate of drug-likeness (QED) is 0.652. The molecule has 0 amide bonds. The molecule has 0 aliphatic rings. The molecule has 0 fully saturated rings. The van der Waals surface area contributed by atoms with Gasteiger partial charge < -0.3 is 21.3 Å². The van der Waals surface area contributed by atoms with E-state index < -0.39 is 18.1 Å². The molecule has 0 unspecified atom stereocenters. The van der Waals surface area contributed by atoms with Crippen molar-refractivity contribution < 1.29 is 19.4 Å². The SMILES string of the molecule is CC(C)[C@H](N)C(=O)O.COC(=O)[C@@H](N)C(C)C.Cl. The van der Waals surface area contributed by atoms with Crippen molar-refractivity contribution in [3.05, 3.63) is 0 Å². The molecule has 5 N–H and O–H groups in total. The number of carboxylic acid groups (broad SMARTS) is 1. The van der Waals surface area contributed by atoms with Crippen LogP contribution < -0.4 is 11.5 Å². The number of carboxylic acids is 1. The monoisotopic (exact) mass is 284 g/mol. The van der Waals surface area contributed by atoms with Crippen molar-refractivity contribution in [3.63, 3.8) is 0 Å². The topological polar surface area (TPSA) is 116 Å². The second kappa shape index (κ2) is 11.3. The maximum Gasteiger partial charge on any atom is 0.322 e. The molecule has 0 saturated carbocycles. The van der Waals surface area contributed by atoms with Gasteiger partial charge in [0.05, 0.1) is 7.11 Å². The summed E-state index contributed by atoms with van der Waals surface area (Å²) in [5, 5.41) is 8.23. The molecule has 6 nitrogen and oxygen atoms in total. The van der Waals surface area contributed by atoms with Gasteiger partial charge in [0, 0.05) is 0 Å². The van der Waals surface area contributed by atoms with Gasteiger partial charge in [-0.25, -0.2) is 0 Å². The minimum absolute atomic E-state index is 0. The van der Waals surface area contributed by atoms with Crippen LogP contribution in [-0.2, 0) is 14.3 Å². The molecule has 0 spiro atoms. The molecule has 0 aromatic carbocycles. The maximum atomic E-state index is 10.6. The van der Waals surface area contributed by atoms with Gasteiger partial charge in [0.2, 0.25) is 0 Å². The van der Waals surface area contributed by atoms with Crippen LogP contribution in [-0.4, -0.2) is 36.2 Å². The largest absolute Gasteiger partial charge is 0.480 e. The van der Waals surface area contributed by atoms with Crippen molar-refractivity contribution >= 4 is 24.3 Å². The van der Waals surface area contributed by atoms with Gasteiger partial charge >= 0.3 is 11.9 Å². The first-order valence-electron chi connectivity index (χ1n) is 5.46. The highest BCUT2D eigenvalue weighted by atomic mass is 35.5. The molecular weight excluding hydrogens is 260 g/mol. The number of carbonyl (C=O) groups excluding carboxylic acids is 1. The number of esters is 1. The highest BCUT2D eigenvalue weighted by Crippen LogP contribution is 1.98. The minimum atomic E-state index is -0.931. The summed E-state index contributed by atoms with van der Waals surface area (Å²) in [5.41, 5.74) is 10.6. The summed E-state index contributed by atoms with van der Waals surface area (Å²) < 4.78 is 4.41. The van der Waals surface area contributed by atoms with Crippen LogP contribution in [0.1, 0.15) is 27.7 Å². The third-order valence-corrected chi connectivity index (χ3v) is 2.19. The first kappa shape index (κ1) is 22.3. The van der Waals surface area contributed by atoms with Crippen LogP contribution in [0.2, 0.25) is 0 Å². The average Bonchev–Trinajstić information content (AvgIpc) is 2.26. The first-order chi connectivity index (χ1) is 7.64. The lowest BCUT2D eigenvalue weighted by Crippen LogP contribution is -2.36. The summed E-state index contributed by atoms with van der Waals surface area (Å²) in [4.78, 5) is 20.6. The zero-order valence-electron chi connectivity index (χ0n) is 11.5. The zero-order chi connectivity index (χ0) is 14.2. The van der Waals surface area contributed by atoms with E-state index in [1.54, 1.807) is 13.8 Å². The average molecular weight is 285 g/mol. The van der Waals surface area contributed by atoms with E-state index in [9.17, 15) is 9.59 Å². The van der Waals surface area contributed by atoms with E-state index in [0.717, 1.165) is 0 Å². The van der Waals surface area contributed by atoms with Crippen molar-refractivity contribution in [3.8, 4) is 0 Å². The Bertz CT molecular complexity index is 247. The van der Waals surface area contributed by atoms with Gasteiger partial charge in [-0.15, -0.1) is 12.4 Å². The predicted molar refractivity (Wildman–Crippen MR) is 72.5 cm³/mol. The van der Waals surface area contributed by atoms with E-state index in [1.807, 2.05) is 13.8 Å². The van der Waals surface area contributed by atoms with Crippen LogP contribution in [0.3, 0.4) is 0 Å². The van der Waals surface area contributed by atoms with Crippen molar-refractivity contribution in [2.75, 3.05) is 7.11 Å². The molecule has 0 saturated heterocycles. The Morgan fingerprint density at radius 1 is 1.00 bits per heavy atom. The zero-order valence-corrected chi connectivity index (χ0v) is 12.4. The fraction of sp³-hybridized carbons (Fsp3) is 0.818. The third kappa shape index (κ3) is 10.3. The lowest BCUT2D eigenvalue weighted by Gasteiger charge is -2.11. The third-order valence-electron chi connectivity index (χ3n) is 2.19. The summed E-state index contributed by atoms with van der Waals surface area (Å²) >= 11 is 0. The first-order valence-corrected chi connectivity index (χ1v) is 5.46. The number of ether oxygens (including phenoxy) is 1. The van der Waals surface area contributed by atoms with Crippen LogP contribution in [0.15, 0.2) is 0 Å². The van der Waals surface area contributed by atoms with Crippen LogP contribution in [0.5, 0.6) is 0 Å². The number of hydrogen-bond acceptors (Lipinski definition) is 5. The number of methoxy groups -OCH3 is 1. The number of aliphatic carboxylic acids is 1. The summed E-state index contributed by atoms with van der Waals surface area (Å²) in [6.07, 6.45) is 0. The van der Waals surface area contributed by atoms with E-state index in [0.29, 0.717) is 0 Å². The van der Waals surface area contributed by atoms with Crippen LogP contribution >= 0.6 is 12.4 Å². The molecule has 0 aliphatic heterocycles. The van der Waals surface area contributed by atoms with Crippen molar-refractivity contribution in [1.82, 2.24) is 0 Å². The molecule has 0 rings (SSSR count). The molecule has 2 atom stereocenters. The Morgan fingerprint density at radius 2 is 1.33 bits per heavy atom. The summed E-state index contributed by atoms with van der Waals surface area (Å²) in [7, 11) is 1.34. The van der Waals surface area contributed by atoms with Crippen molar-refractivity contribution in [2.45, 2.75) is 39.8 Å². The fourth-order valence-electron chi connectivity index (χ4n) is 0.693. The van der Waals surface area contributed by atoms with E-state index in [4.69, 9.17) is 16.6 Å². The smallest absolute Gasteiger partial charge is 0.322 e. The predicted octanol–water partition coefficient (Wildman–Crippen LogP) is 0.619. The van der Waals surface area contributed by atoms with Gasteiger partial charge in [-0.2, -0.15) is 0 Å². The Kier molecular flexibility index (Phi) is 14.0. The minimum Gasteiger partial charge on any atom is -0.480 e. The molecule has 7 heteroatoms. The number of rotatable bonds is 4. The Hall–Kier alpha value is -0.850. The van der Waals surface area contributed by atoms with E-state index in [-0.39, 0.29) is 30.2 Å². The number of halogens is 1. The molecule has 0 aliphatic carbocycles. The van der Waals surface area contributed by atoms with Gasteiger partial charge in [-0.3, -0.25) is 9.59 Å². The molecule has 18 heavy (non-hydrogen) atoms. The second-order valence-electron chi connectivity index (χ2n) is 4.40. The molecule has 0 radical (unpaired) electrons. The molecule has 0 aromatic heterocycles. The number of carbonyl (C=O) groups is 2. The van der Waals surface area contributed by atoms with E-state index in [2.05, 4.69) is 4.74 Å². The van der Waals surface area contributed by atoms with Gasteiger partial charge in [0.15, 0.2) is 0 Å². The molecule has 0 aromatic rings. The second-order valence-corrected chi connectivity index (χ2v) is 4.40. The van der Waals surface area contributed by atoms with Gasteiger partial charge in [-0.1, -0.05) is 27.7 Å². The van der Waals surface area contributed by atoms with Gasteiger partial charge in [-0.05, 0) is 11.8 Å². The van der Waals surface area contributed by atoms with E-state index in [1.165, 1.54) is 7.11 Å². The highest BCUT2D eigenvalue weighted by molar-refractivity contribution is 5.85. The maximum absolute atomic E-state index is 10.6. The van der Waals surface area contributed by atoms with Crippen molar-refractivity contribution in [2.24, 2.45) is 23.3 Å². The highest BCUT2D eigenvalue weighted by Gasteiger charge is 2.16. The normalized spacial score (nSPS) is 12.9. The van der Waals surface area contributed by atoms with Crippen LogP contribution in [0.4, 0.5) is 0 Å². The molecule has 110 valence electrons. The summed E-state index contributed by atoms with van der Waals surface area (Å²) in [6, 6.07) is -1.19. The van der Waals surface area contributed by atoms with Gasteiger partial charge in [0.1, 0.15) is 12.1 Å². The Labute approximate surface area is 114 Å². The lowest BCUT2D eigenvalue weighted by molar-refractivity contribution is -0.143. The van der Waals surface area contributed by atoms with Crippen LogP contribution in [0, 0.1) is 11.8 Å². The lowest BCUT2D eigenvalue weighted by atomic mass is 10.1. The summed E-state index contributed by atoms with van der Waals surface area (Å²) in [5.74, 6) is -1.10. The molecule has 0 heterocycles. The number of nitrogens with two attached hydrogens (primary N) is 2. The van der Waals surface area contributed by atoms with Gasteiger partial charge in [0.25, 0.3) is 0 Å². The standard InChI is InChI=1S/C6H13NO2.C5H11NO2.ClH/c1-4(2)5(7)6(8)9-3;1-3(2)4(6)5(7)8;/h4-5H,7H2,1-3H3;3-4H,6H2,1-2H3,(H,7,8);1H/t5-;4-;/m00./s1. The molecule has 0 bridgehead atoms. The summed E-state index contributed by atoms with van der Waals surface area (Å²) in [6.45, 7) is 7.31. The number of hydrogen-bond donors (Lipinski definition) is 3. The van der Waals surface area contributed by atoms with E-state index >= 15 is 0 Å². The fourth-order valence-corrected chi connectivity index (χ4v) is 0.693.